The summed E-state index contributed by atoms with van der Waals surface area (Å²) in [6.07, 6.45) is 0. The standard InChI is InChI=1S/C25H24ClN3O3/c26-20-10-4-7-13-23(20)32-18-24(30)27-21-11-5-6-12-22(21)28-14-16-29(17-15-28)25(31)19-8-2-1-3-9-19/h1-13H,14-18H2,(H,27,30). The van der Waals surface area contributed by atoms with Crippen molar-refractivity contribution in [3.8, 4) is 5.75 Å². The Morgan fingerprint density at radius 3 is 2.25 bits per heavy atom. The molecule has 0 saturated carbocycles. The molecule has 0 bridgehead atoms. The number of amides is 2. The summed E-state index contributed by atoms with van der Waals surface area (Å²) in [5.41, 5.74) is 2.33. The van der Waals surface area contributed by atoms with E-state index in [9.17, 15) is 9.59 Å². The van der Waals surface area contributed by atoms with Crippen LogP contribution in [0.4, 0.5) is 11.4 Å². The highest BCUT2D eigenvalue weighted by Gasteiger charge is 2.23. The molecular weight excluding hydrogens is 426 g/mol. The summed E-state index contributed by atoms with van der Waals surface area (Å²) in [4.78, 5) is 29.2. The second kappa shape index (κ2) is 10.2. The van der Waals surface area contributed by atoms with Crippen molar-refractivity contribution in [1.29, 1.82) is 0 Å². The van der Waals surface area contributed by atoms with E-state index in [1.54, 1.807) is 24.3 Å². The number of hydrogen-bond donors (Lipinski definition) is 1. The van der Waals surface area contributed by atoms with Crippen LogP contribution in [-0.4, -0.2) is 49.5 Å². The quantitative estimate of drug-likeness (QED) is 0.608. The van der Waals surface area contributed by atoms with Gasteiger partial charge in [-0.15, -0.1) is 0 Å². The van der Waals surface area contributed by atoms with E-state index < -0.39 is 0 Å². The van der Waals surface area contributed by atoms with Gasteiger partial charge < -0.3 is 19.9 Å². The minimum Gasteiger partial charge on any atom is -0.482 e. The first kappa shape index (κ1) is 21.7. The normalized spacial score (nSPS) is 13.5. The fourth-order valence-corrected chi connectivity index (χ4v) is 3.85. The molecule has 7 heteroatoms. The topological polar surface area (TPSA) is 61.9 Å². The molecule has 3 aromatic rings. The van der Waals surface area contributed by atoms with Crippen molar-refractivity contribution in [2.45, 2.75) is 0 Å². The van der Waals surface area contributed by atoms with Gasteiger partial charge in [0.1, 0.15) is 5.75 Å². The monoisotopic (exact) mass is 449 g/mol. The first-order valence-corrected chi connectivity index (χ1v) is 10.8. The molecule has 6 nitrogen and oxygen atoms in total. The second-order valence-electron chi connectivity index (χ2n) is 7.43. The number of anilines is 2. The molecule has 0 aliphatic carbocycles. The highest BCUT2D eigenvalue weighted by Crippen LogP contribution is 2.27. The SMILES string of the molecule is O=C(COc1ccccc1Cl)Nc1ccccc1N1CCN(C(=O)c2ccccc2)CC1. The van der Waals surface area contributed by atoms with Crippen LogP contribution in [0.25, 0.3) is 0 Å². The molecule has 2 amide bonds. The maximum absolute atomic E-state index is 12.7. The van der Waals surface area contributed by atoms with Gasteiger partial charge in [-0.3, -0.25) is 9.59 Å². The van der Waals surface area contributed by atoms with Gasteiger partial charge in [0.2, 0.25) is 0 Å². The summed E-state index contributed by atoms with van der Waals surface area (Å²) in [5.74, 6) is 0.246. The lowest BCUT2D eigenvalue weighted by Gasteiger charge is -2.37. The van der Waals surface area contributed by atoms with Crippen LogP contribution in [0.1, 0.15) is 10.4 Å². The van der Waals surface area contributed by atoms with E-state index in [1.807, 2.05) is 59.5 Å². The van der Waals surface area contributed by atoms with Crippen LogP contribution < -0.4 is 15.0 Å². The number of benzene rings is 3. The lowest BCUT2D eigenvalue weighted by Crippen LogP contribution is -2.49. The molecule has 1 aliphatic rings. The molecule has 0 aromatic heterocycles. The van der Waals surface area contributed by atoms with Gasteiger partial charge in [0.05, 0.1) is 16.4 Å². The average molecular weight is 450 g/mol. The van der Waals surface area contributed by atoms with E-state index in [0.29, 0.717) is 48.2 Å². The summed E-state index contributed by atoms with van der Waals surface area (Å²) in [6.45, 7) is 2.46. The van der Waals surface area contributed by atoms with Crippen molar-refractivity contribution in [2.24, 2.45) is 0 Å². The molecule has 4 rings (SSSR count). The van der Waals surface area contributed by atoms with E-state index in [-0.39, 0.29) is 18.4 Å². The maximum Gasteiger partial charge on any atom is 0.262 e. The molecule has 32 heavy (non-hydrogen) atoms. The summed E-state index contributed by atoms with van der Waals surface area (Å²) < 4.78 is 5.54. The van der Waals surface area contributed by atoms with Gasteiger partial charge >= 0.3 is 0 Å². The van der Waals surface area contributed by atoms with E-state index in [4.69, 9.17) is 16.3 Å². The summed E-state index contributed by atoms with van der Waals surface area (Å²) >= 11 is 6.08. The fraction of sp³-hybridized carbons (Fsp3) is 0.200. The summed E-state index contributed by atoms with van der Waals surface area (Å²) in [5, 5.41) is 3.39. The number of ether oxygens (including phenoxy) is 1. The van der Waals surface area contributed by atoms with Gasteiger partial charge in [-0.1, -0.05) is 54.1 Å². The largest absolute Gasteiger partial charge is 0.482 e. The Morgan fingerprint density at radius 1 is 0.844 bits per heavy atom. The van der Waals surface area contributed by atoms with Crippen LogP contribution in [0.2, 0.25) is 5.02 Å². The number of nitrogens with zero attached hydrogens (tertiary/aromatic N) is 2. The minimum atomic E-state index is -0.268. The van der Waals surface area contributed by atoms with E-state index >= 15 is 0 Å². The van der Waals surface area contributed by atoms with E-state index in [0.717, 1.165) is 5.69 Å². The van der Waals surface area contributed by atoms with E-state index in [2.05, 4.69) is 10.2 Å². The third kappa shape index (κ3) is 5.21. The zero-order valence-corrected chi connectivity index (χ0v) is 18.3. The first-order valence-electron chi connectivity index (χ1n) is 10.5. The molecule has 1 fully saturated rings. The van der Waals surface area contributed by atoms with Gasteiger partial charge in [-0.25, -0.2) is 0 Å². The van der Waals surface area contributed by atoms with Gasteiger partial charge in [0.15, 0.2) is 6.61 Å². The van der Waals surface area contributed by atoms with Crippen LogP contribution in [-0.2, 0) is 4.79 Å². The molecule has 0 unspecified atom stereocenters. The van der Waals surface area contributed by atoms with Crippen LogP contribution in [0.15, 0.2) is 78.9 Å². The van der Waals surface area contributed by atoms with Gasteiger partial charge in [0, 0.05) is 31.7 Å². The molecule has 1 N–H and O–H groups in total. The van der Waals surface area contributed by atoms with Crippen LogP contribution in [0.5, 0.6) is 5.75 Å². The Balaban J connectivity index is 1.36. The molecule has 1 heterocycles. The molecule has 0 atom stereocenters. The van der Waals surface area contributed by atoms with Gasteiger partial charge in [-0.2, -0.15) is 0 Å². The van der Waals surface area contributed by atoms with Crippen molar-refractivity contribution in [3.05, 3.63) is 89.4 Å². The molecule has 1 saturated heterocycles. The lowest BCUT2D eigenvalue weighted by molar-refractivity contribution is -0.118. The van der Waals surface area contributed by atoms with Gasteiger partial charge in [-0.05, 0) is 36.4 Å². The zero-order valence-electron chi connectivity index (χ0n) is 17.5. The van der Waals surface area contributed by atoms with E-state index in [1.165, 1.54) is 0 Å². The van der Waals surface area contributed by atoms with Crippen molar-refractivity contribution in [3.63, 3.8) is 0 Å². The smallest absolute Gasteiger partial charge is 0.262 e. The number of para-hydroxylation sites is 3. The maximum atomic E-state index is 12.7. The highest BCUT2D eigenvalue weighted by atomic mass is 35.5. The second-order valence-corrected chi connectivity index (χ2v) is 7.84. The summed E-state index contributed by atoms with van der Waals surface area (Å²) in [7, 11) is 0. The molecule has 1 aliphatic heterocycles. The Bertz CT molecular complexity index is 1080. The van der Waals surface area contributed by atoms with Crippen molar-refractivity contribution in [2.75, 3.05) is 43.0 Å². The average Bonchev–Trinajstić information content (AvgIpc) is 2.84. The number of nitrogens with one attached hydrogen (secondary N) is 1. The van der Waals surface area contributed by atoms with Crippen LogP contribution >= 0.6 is 11.6 Å². The highest BCUT2D eigenvalue weighted by molar-refractivity contribution is 6.32. The Kier molecular flexibility index (Phi) is 6.92. The number of hydrogen-bond acceptors (Lipinski definition) is 4. The molecule has 0 spiro atoms. The Morgan fingerprint density at radius 2 is 1.50 bits per heavy atom. The number of piperazine rings is 1. The lowest BCUT2D eigenvalue weighted by atomic mass is 10.1. The van der Waals surface area contributed by atoms with Crippen molar-refractivity contribution >= 4 is 34.8 Å². The van der Waals surface area contributed by atoms with Crippen molar-refractivity contribution in [1.82, 2.24) is 4.90 Å². The third-order valence-corrected chi connectivity index (χ3v) is 5.61. The molecular formula is C25H24ClN3O3. The molecule has 0 radical (unpaired) electrons. The van der Waals surface area contributed by atoms with Crippen LogP contribution in [0.3, 0.4) is 0 Å². The zero-order chi connectivity index (χ0) is 22.3. The number of halogens is 1. The number of carbonyl (C=O) groups excluding carboxylic acids is 2. The molecule has 164 valence electrons. The summed E-state index contributed by atoms with van der Waals surface area (Å²) in [6, 6.07) is 24.0. The fourth-order valence-electron chi connectivity index (χ4n) is 3.66. The van der Waals surface area contributed by atoms with Crippen molar-refractivity contribution < 1.29 is 14.3 Å². The predicted molar refractivity (Wildman–Crippen MR) is 127 cm³/mol. The molecule has 3 aromatic carbocycles. The first-order chi connectivity index (χ1) is 15.6. The Labute approximate surface area is 192 Å². The minimum absolute atomic E-state index is 0.0450. The third-order valence-electron chi connectivity index (χ3n) is 5.30. The van der Waals surface area contributed by atoms with Crippen LogP contribution in [0, 0.1) is 0 Å². The van der Waals surface area contributed by atoms with Gasteiger partial charge in [0.25, 0.3) is 11.8 Å². The predicted octanol–water partition coefficient (Wildman–Crippen LogP) is 4.32. The Hall–Kier alpha value is -3.51. The number of carbonyl (C=O) groups is 2. The number of rotatable bonds is 6.